The Bertz CT molecular complexity index is 1020. The van der Waals surface area contributed by atoms with Gasteiger partial charge in [-0.3, -0.25) is 9.59 Å². The molecule has 2 amide bonds. The molecule has 0 radical (unpaired) electrons. The van der Waals surface area contributed by atoms with E-state index in [9.17, 15) is 9.59 Å². The molecule has 0 unspecified atom stereocenters. The fourth-order valence-electron chi connectivity index (χ4n) is 3.71. The van der Waals surface area contributed by atoms with Crippen LogP contribution in [0.1, 0.15) is 54.4 Å². The molecule has 3 aromatic rings. The lowest BCUT2D eigenvalue weighted by Gasteiger charge is -2.26. The Balaban J connectivity index is 1.47. The molecule has 29 heavy (non-hydrogen) atoms. The third-order valence-electron chi connectivity index (χ3n) is 5.35. The number of hydrogen-bond donors (Lipinski definition) is 2. The van der Waals surface area contributed by atoms with Gasteiger partial charge in [0.2, 0.25) is 5.91 Å². The molecule has 0 bridgehead atoms. The van der Waals surface area contributed by atoms with E-state index in [1.165, 1.54) is 6.42 Å². The third-order valence-corrected chi connectivity index (χ3v) is 5.35. The second-order valence-electron chi connectivity index (χ2n) is 7.54. The van der Waals surface area contributed by atoms with E-state index >= 15 is 0 Å². The number of nitrogens with one attached hydrogen (secondary N) is 2. The maximum absolute atomic E-state index is 12.7. The number of H-pyrrole nitrogens is 1. The SMILES string of the molecule is CCC(=O)Nc1ccc(Cc2nc3ccc(C(=O)N4CCCCC4)cc3[nH]2)cc1. The minimum absolute atomic E-state index is 0.00457. The number of fused-ring (bicyclic) bond motifs is 1. The molecule has 0 saturated carbocycles. The Morgan fingerprint density at radius 1 is 1.07 bits per heavy atom. The number of nitrogens with zero attached hydrogens (tertiary/aromatic N) is 2. The maximum atomic E-state index is 12.7. The van der Waals surface area contributed by atoms with Crippen LogP contribution in [0.4, 0.5) is 5.69 Å². The van der Waals surface area contributed by atoms with E-state index in [-0.39, 0.29) is 11.8 Å². The van der Waals surface area contributed by atoms with Crippen molar-refractivity contribution in [3.8, 4) is 0 Å². The fourth-order valence-corrected chi connectivity index (χ4v) is 3.71. The van der Waals surface area contributed by atoms with Gasteiger partial charge in [-0.25, -0.2) is 4.98 Å². The number of imidazole rings is 1. The van der Waals surface area contributed by atoms with Crippen LogP contribution >= 0.6 is 0 Å². The number of carbonyl (C=O) groups excluding carboxylic acids is 2. The summed E-state index contributed by atoms with van der Waals surface area (Å²) >= 11 is 0. The van der Waals surface area contributed by atoms with Gasteiger partial charge in [0.15, 0.2) is 0 Å². The zero-order valence-electron chi connectivity index (χ0n) is 16.7. The van der Waals surface area contributed by atoms with Gasteiger partial charge < -0.3 is 15.2 Å². The summed E-state index contributed by atoms with van der Waals surface area (Å²) in [6.45, 7) is 3.52. The summed E-state index contributed by atoms with van der Waals surface area (Å²) in [4.78, 5) is 34.2. The van der Waals surface area contributed by atoms with E-state index < -0.39 is 0 Å². The van der Waals surface area contributed by atoms with Crippen molar-refractivity contribution >= 4 is 28.5 Å². The van der Waals surface area contributed by atoms with Gasteiger partial charge in [-0.1, -0.05) is 19.1 Å². The van der Waals surface area contributed by atoms with Crippen molar-refractivity contribution in [3.05, 3.63) is 59.4 Å². The van der Waals surface area contributed by atoms with Crippen LogP contribution in [-0.4, -0.2) is 39.8 Å². The van der Waals surface area contributed by atoms with E-state index in [4.69, 9.17) is 0 Å². The maximum Gasteiger partial charge on any atom is 0.253 e. The standard InChI is InChI=1S/C23H26N4O2/c1-2-22(28)24-18-9-6-16(7-10-18)14-21-25-19-11-8-17(15-20(19)26-21)23(29)27-12-4-3-5-13-27/h6-11,15H,2-5,12-14H2,1H3,(H,24,28)(H,25,26). The Labute approximate surface area is 170 Å². The summed E-state index contributed by atoms with van der Waals surface area (Å²) < 4.78 is 0. The van der Waals surface area contributed by atoms with Crippen molar-refractivity contribution in [1.29, 1.82) is 0 Å². The molecule has 4 rings (SSSR count). The molecule has 6 nitrogen and oxygen atoms in total. The Morgan fingerprint density at radius 3 is 2.55 bits per heavy atom. The zero-order chi connectivity index (χ0) is 20.2. The van der Waals surface area contributed by atoms with Gasteiger partial charge in [-0.15, -0.1) is 0 Å². The Morgan fingerprint density at radius 2 is 1.83 bits per heavy atom. The molecule has 6 heteroatoms. The number of piperidine rings is 1. The third kappa shape index (κ3) is 4.47. The first kappa shape index (κ1) is 19.2. The molecule has 2 heterocycles. The van der Waals surface area contributed by atoms with Crippen LogP contribution in [0, 0.1) is 0 Å². The van der Waals surface area contributed by atoms with Crippen molar-refractivity contribution in [3.63, 3.8) is 0 Å². The van der Waals surface area contributed by atoms with E-state index in [0.717, 1.165) is 54.0 Å². The fraction of sp³-hybridized carbons (Fsp3) is 0.348. The normalized spacial score (nSPS) is 14.2. The predicted octanol–water partition coefficient (Wildman–Crippen LogP) is 4.13. The van der Waals surface area contributed by atoms with Gasteiger partial charge in [0.05, 0.1) is 11.0 Å². The van der Waals surface area contributed by atoms with Gasteiger partial charge in [0, 0.05) is 37.2 Å². The van der Waals surface area contributed by atoms with Crippen molar-refractivity contribution in [2.24, 2.45) is 0 Å². The summed E-state index contributed by atoms with van der Waals surface area (Å²) in [5, 5.41) is 2.85. The van der Waals surface area contributed by atoms with Crippen molar-refractivity contribution in [2.75, 3.05) is 18.4 Å². The number of aromatic nitrogens is 2. The lowest BCUT2D eigenvalue weighted by molar-refractivity contribution is -0.115. The second kappa shape index (κ2) is 8.47. The van der Waals surface area contributed by atoms with Gasteiger partial charge in [0.1, 0.15) is 5.82 Å². The average molecular weight is 390 g/mol. The quantitative estimate of drug-likeness (QED) is 0.688. The number of hydrogen-bond acceptors (Lipinski definition) is 3. The first-order valence-electron chi connectivity index (χ1n) is 10.3. The summed E-state index contributed by atoms with van der Waals surface area (Å²) in [6.07, 6.45) is 4.50. The molecule has 1 aliphatic rings. The monoisotopic (exact) mass is 390 g/mol. The molecule has 2 aromatic carbocycles. The van der Waals surface area contributed by atoms with E-state index in [1.807, 2.05) is 54.3 Å². The highest BCUT2D eigenvalue weighted by molar-refractivity contribution is 5.97. The number of carbonyl (C=O) groups is 2. The van der Waals surface area contributed by atoms with Gasteiger partial charge in [-0.05, 0) is 55.2 Å². The van der Waals surface area contributed by atoms with E-state index in [0.29, 0.717) is 18.4 Å². The number of rotatable bonds is 5. The largest absolute Gasteiger partial charge is 0.342 e. The molecule has 0 atom stereocenters. The van der Waals surface area contributed by atoms with Gasteiger partial charge in [0.25, 0.3) is 5.91 Å². The number of benzene rings is 2. The Hall–Kier alpha value is -3.15. The molecule has 1 saturated heterocycles. The minimum atomic E-state index is 0.00457. The summed E-state index contributed by atoms with van der Waals surface area (Å²) in [7, 11) is 0. The smallest absolute Gasteiger partial charge is 0.253 e. The highest BCUT2D eigenvalue weighted by Crippen LogP contribution is 2.19. The van der Waals surface area contributed by atoms with Gasteiger partial charge in [-0.2, -0.15) is 0 Å². The average Bonchev–Trinajstić information content (AvgIpc) is 3.16. The first-order chi connectivity index (χ1) is 14.1. The molecule has 0 aliphatic carbocycles. The molecule has 150 valence electrons. The van der Waals surface area contributed by atoms with Crippen LogP contribution < -0.4 is 5.32 Å². The highest BCUT2D eigenvalue weighted by Gasteiger charge is 2.18. The van der Waals surface area contributed by atoms with Gasteiger partial charge >= 0.3 is 0 Å². The van der Waals surface area contributed by atoms with Crippen LogP contribution in [0.3, 0.4) is 0 Å². The second-order valence-corrected chi connectivity index (χ2v) is 7.54. The van der Waals surface area contributed by atoms with Crippen molar-refractivity contribution in [2.45, 2.75) is 39.0 Å². The molecule has 1 fully saturated rings. The number of anilines is 1. The zero-order valence-corrected chi connectivity index (χ0v) is 16.7. The molecular weight excluding hydrogens is 364 g/mol. The van der Waals surface area contributed by atoms with E-state index in [2.05, 4.69) is 15.3 Å². The number of amides is 2. The topological polar surface area (TPSA) is 78.1 Å². The van der Waals surface area contributed by atoms with Crippen LogP contribution in [0.15, 0.2) is 42.5 Å². The van der Waals surface area contributed by atoms with Crippen LogP contribution in [-0.2, 0) is 11.2 Å². The molecular formula is C23H26N4O2. The lowest BCUT2D eigenvalue weighted by Crippen LogP contribution is -2.35. The summed E-state index contributed by atoms with van der Waals surface area (Å²) in [5.41, 5.74) is 4.36. The predicted molar refractivity (Wildman–Crippen MR) is 114 cm³/mol. The number of aromatic amines is 1. The lowest BCUT2D eigenvalue weighted by atomic mass is 10.1. The highest BCUT2D eigenvalue weighted by atomic mass is 16.2. The minimum Gasteiger partial charge on any atom is -0.342 e. The van der Waals surface area contributed by atoms with Crippen molar-refractivity contribution in [1.82, 2.24) is 14.9 Å². The molecule has 0 spiro atoms. The number of likely N-dealkylation sites (tertiary alicyclic amines) is 1. The summed E-state index contributed by atoms with van der Waals surface area (Å²) in [6, 6.07) is 13.5. The molecule has 1 aliphatic heterocycles. The van der Waals surface area contributed by atoms with E-state index in [1.54, 1.807) is 0 Å². The Kier molecular flexibility index (Phi) is 5.60. The molecule has 1 aromatic heterocycles. The first-order valence-corrected chi connectivity index (χ1v) is 10.3. The summed E-state index contributed by atoms with van der Waals surface area (Å²) in [5.74, 6) is 0.963. The van der Waals surface area contributed by atoms with Crippen LogP contribution in [0.2, 0.25) is 0 Å². The van der Waals surface area contributed by atoms with Crippen molar-refractivity contribution < 1.29 is 9.59 Å². The van der Waals surface area contributed by atoms with Crippen LogP contribution in [0.25, 0.3) is 11.0 Å². The van der Waals surface area contributed by atoms with Crippen LogP contribution in [0.5, 0.6) is 0 Å². The molecule has 2 N–H and O–H groups in total.